The number of nitrogens with one attached hydrogen (secondary N) is 1. The van der Waals surface area contributed by atoms with Gasteiger partial charge in [0, 0.05) is 18.5 Å². The molecule has 1 fully saturated rings. The molecule has 1 aliphatic rings. The highest BCUT2D eigenvalue weighted by Crippen LogP contribution is 2.23. The van der Waals surface area contributed by atoms with Gasteiger partial charge in [0.05, 0.1) is 18.9 Å². The predicted octanol–water partition coefficient (Wildman–Crippen LogP) is 1.68. The molecule has 0 spiro atoms. The maximum Gasteiger partial charge on any atom is 0.254 e. The highest BCUT2D eigenvalue weighted by Gasteiger charge is 2.38. The van der Waals surface area contributed by atoms with Crippen molar-refractivity contribution in [2.45, 2.75) is 12.5 Å². The van der Waals surface area contributed by atoms with E-state index in [-0.39, 0.29) is 31.5 Å². The fraction of sp³-hybridized carbons (Fsp3) is 0.286. The summed E-state index contributed by atoms with van der Waals surface area (Å²) in [4.78, 5) is 31.8. The number of hydrogen-bond donors (Lipinski definition) is 2. The summed E-state index contributed by atoms with van der Waals surface area (Å²) in [6.45, 7) is 0.205. The Hall–Kier alpha value is -3.19. The van der Waals surface area contributed by atoms with Crippen LogP contribution in [0.3, 0.4) is 0 Å². The summed E-state index contributed by atoms with van der Waals surface area (Å²) in [6.07, 6.45) is 0.305. The lowest BCUT2D eigenvalue weighted by Crippen LogP contribution is -2.46. The van der Waals surface area contributed by atoms with Crippen molar-refractivity contribution in [3.8, 4) is 11.1 Å². The molecule has 28 heavy (non-hydrogen) atoms. The van der Waals surface area contributed by atoms with Crippen LogP contribution >= 0.6 is 0 Å². The Morgan fingerprint density at radius 2 is 1.82 bits per heavy atom. The summed E-state index contributed by atoms with van der Waals surface area (Å²) in [5.74, 6) is -0.560. The molecule has 1 atom stereocenters. The molecule has 1 aliphatic heterocycles. The molecule has 0 aliphatic carbocycles. The average Bonchev–Trinajstić information content (AvgIpc) is 3.16. The molecule has 2 aromatic carbocycles. The van der Waals surface area contributed by atoms with Crippen molar-refractivity contribution in [1.82, 2.24) is 10.2 Å². The number of carbonyl (C=O) groups excluding carboxylic acids is 2. The van der Waals surface area contributed by atoms with E-state index in [2.05, 4.69) is 10.5 Å². The standard InChI is InChI=1S/C21H23N3O4/c1-28-23-18-13-19(20(26)22-11-12-25)24(14-18)21(27)17-9-7-16(8-10-17)15-5-3-2-4-6-15/h2-10,19,25H,11-14H2,1H3,(H,22,26)/b23-18+. The van der Waals surface area contributed by atoms with Gasteiger partial charge < -0.3 is 20.2 Å². The van der Waals surface area contributed by atoms with Gasteiger partial charge in [0.2, 0.25) is 5.91 Å². The summed E-state index contributed by atoms with van der Waals surface area (Å²) < 4.78 is 0. The van der Waals surface area contributed by atoms with E-state index in [9.17, 15) is 9.59 Å². The fourth-order valence-corrected chi connectivity index (χ4v) is 3.25. The van der Waals surface area contributed by atoms with Gasteiger partial charge in [-0.05, 0) is 23.3 Å². The number of hydrogen-bond acceptors (Lipinski definition) is 5. The zero-order chi connectivity index (χ0) is 19.9. The molecule has 146 valence electrons. The van der Waals surface area contributed by atoms with Crippen molar-refractivity contribution in [3.63, 3.8) is 0 Å². The summed E-state index contributed by atoms with van der Waals surface area (Å²) in [7, 11) is 1.43. The minimum atomic E-state index is -0.679. The number of benzene rings is 2. The molecule has 3 rings (SSSR count). The number of oxime groups is 1. The molecule has 1 heterocycles. The van der Waals surface area contributed by atoms with Crippen LogP contribution in [0.4, 0.5) is 0 Å². The van der Waals surface area contributed by atoms with E-state index in [0.29, 0.717) is 17.7 Å². The maximum atomic E-state index is 13.0. The van der Waals surface area contributed by atoms with Gasteiger partial charge in [-0.2, -0.15) is 0 Å². The zero-order valence-corrected chi connectivity index (χ0v) is 15.7. The lowest BCUT2D eigenvalue weighted by atomic mass is 10.0. The minimum absolute atomic E-state index is 0.139. The summed E-state index contributed by atoms with van der Waals surface area (Å²) >= 11 is 0. The quantitative estimate of drug-likeness (QED) is 0.745. The van der Waals surface area contributed by atoms with Crippen LogP contribution in [-0.4, -0.2) is 60.4 Å². The first-order chi connectivity index (χ1) is 13.6. The minimum Gasteiger partial charge on any atom is -0.399 e. The second-order valence-corrected chi connectivity index (χ2v) is 6.45. The Bertz CT molecular complexity index is 850. The molecular formula is C21H23N3O4. The largest absolute Gasteiger partial charge is 0.399 e. The van der Waals surface area contributed by atoms with Crippen LogP contribution in [0.25, 0.3) is 11.1 Å². The Balaban J connectivity index is 1.80. The van der Waals surface area contributed by atoms with E-state index in [1.165, 1.54) is 12.0 Å². The van der Waals surface area contributed by atoms with E-state index in [1.54, 1.807) is 12.1 Å². The lowest BCUT2D eigenvalue weighted by Gasteiger charge is -2.23. The van der Waals surface area contributed by atoms with Gasteiger partial charge in [-0.1, -0.05) is 47.6 Å². The van der Waals surface area contributed by atoms with Gasteiger partial charge in [0.1, 0.15) is 13.2 Å². The van der Waals surface area contributed by atoms with Crippen LogP contribution in [0.1, 0.15) is 16.8 Å². The van der Waals surface area contributed by atoms with E-state index < -0.39 is 6.04 Å². The molecule has 7 heteroatoms. The summed E-state index contributed by atoms with van der Waals surface area (Å²) in [5.41, 5.74) is 3.20. The smallest absolute Gasteiger partial charge is 0.254 e. The summed E-state index contributed by atoms with van der Waals surface area (Å²) in [5, 5.41) is 15.5. The first kappa shape index (κ1) is 19.6. The molecule has 2 aromatic rings. The van der Waals surface area contributed by atoms with Crippen molar-refractivity contribution in [3.05, 3.63) is 60.2 Å². The van der Waals surface area contributed by atoms with Crippen LogP contribution in [0.5, 0.6) is 0 Å². The SMILES string of the molecule is CO/N=C1\CC(C(=O)NCCO)N(C(=O)c2ccc(-c3ccccc3)cc2)C1. The van der Waals surface area contributed by atoms with Gasteiger partial charge in [-0.3, -0.25) is 9.59 Å². The molecule has 7 nitrogen and oxygen atoms in total. The highest BCUT2D eigenvalue weighted by molar-refractivity contribution is 6.05. The Morgan fingerprint density at radius 1 is 1.14 bits per heavy atom. The number of aliphatic hydroxyl groups excluding tert-OH is 1. The van der Waals surface area contributed by atoms with E-state index in [1.807, 2.05) is 42.5 Å². The Morgan fingerprint density at radius 3 is 2.46 bits per heavy atom. The van der Waals surface area contributed by atoms with Crippen LogP contribution in [-0.2, 0) is 9.63 Å². The third-order valence-electron chi connectivity index (χ3n) is 4.59. The molecule has 1 unspecified atom stereocenters. The number of amides is 2. The van der Waals surface area contributed by atoms with Crippen LogP contribution in [0.15, 0.2) is 59.8 Å². The second-order valence-electron chi connectivity index (χ2n) is 6.45. The molecule has 0 bridgehead atoms. The number of likely N-dealkylation sites (tertiary alicyclic amines) is 1. The van der Waals surface area contributed by atoms with Crippen molar-refractivity contribution in [2.24, 2.45) is 5.16 Å². The monoisotopic (exact) mass is 381 g/mol. The maximum absolute atomic E-state index is 13.0. The first-order valence-corrected chi connectivity index (χ1v) is 9.08. The third kappa shape index (κ3) is 4.37. The average molecular weight is 381 g/mol. The normalized spacial score (nSPS) is 17.6. The molecule has 0 radical (unpaired) electrons. The number of rotatable bonds is 6. The molecule has 1 saturated heterocycles. The van der Waals surface area contributed by atoms with Gasteiger partial charge in [-0.25, -0.2) is 0 Å². The Kier molecular flexibility index (Phi) is 6.39. The predicted molar refractivity (Wildman–Crippen MR) is 106 cm³/mol. The third-order valence-corrected chi connectivity index (χ3v) is 4.59. The van der Waals surface area contributed by atoms with Gasteiger partial charge in [-0.15, -0.1) is 0 Å². The van der Waals surface area contributed by atoms with Crippen molar-refractivity contribution < 1.29 is 19.5 Å². The number of carbonyl (C=O) groups is 2. The highest BCUT2D eigenvalue weighted by atomic mass is 16.6. The van der Waals surface area contributed by atoms with Crippen molar-refractivity contribution >= 4 is 17.5 Å². The fourth-order valence-electron chi connectivity index (χ4n) is 3.25. The molecule has 2 amide bonds. The van der Waals surface area contributed by atoms with E-state index >= 15 is 0 Å². The van der Waals surface area contributed by atoms with Gasteiger partial charge in [0.15, 0.2) is 0 Å². The zero-order valence-electron chi connectivity index (χ0n) is 15.7. The molecule has 0 saturated carbocycles. The second kappa shape index (κ2) is 9.14. The van der Waals surface area contributed by atoms with Gasteiger partial charge in [0.25, 0.3) is 5.91 Å². The van der Waals surface area contributed by atoms with Crippen molar-refractivity contribution in [2.75, 3.05) is 26.8 Å². The van der Waals surface area contributed by atoms with Crippen LogP contribution in [0.2, 0.25) is 0 Å². The number of aliphatic hydroxyl groups is 1. The first-order valence-electron chi connectivity index (χ1n) is 9.08. The van der Waals surface area contributed by atoms with Crippen molar-refractivity contribution in [1.29, 1.82) is 0 Å². The van der Waals surface area contributed by atoms with Crippen LogP contribution < -0.4 is 5.32 Å². The van der Waals surface area contributed by atoms with E-state index in [0.717, 1.165) is 11.1 Å². The van der Waals surface area contributed by atoms with Crippen LogP contribution in [0, 0.1) is 0 Å². The topological polar surface area (TPSA) is 91.2 Å². The molecule has 2 N–H and O–H groups in total. The van der Waals surface area contributed by atoms with Gasteiger partial charge >= 0.3 is 0 Å². The lowest BCUT2D eigenvalue weighted by molar-refractivity contribution is -0.124. The molecule has 0 aromatic heterocycles. The summed E-state index contributed by atoms with van der Waals surface area (Å²) in [6, 6.07) is 16.5. The Labute approximate surface area is 163 Å². The molecular weight excluding hydrogens is 358 g/mol. The number of nitrogens with zero attached hydrogens (tertiary/aromatic N) is 2. The van der Waals surface area contributed by atoms with E-state index in [4.69, 9.17) is 9.94 Å².